The number of anilines is 1. The third-order valence-electron chi connectivity index (χ3n) is 5.51. The molecule has 1 aliphatic heterocycles. The highest BCUT2D eigenvalue weighted by atomic mass is 19.1. The number of nitrogens with one attached hydrogen (secondary N) is 2. The summed E-state index contributed by atoms with van der Waals surface area (Å²) in [6.07, 6.45) is 0. The molecule has 0 saturated heterocycles. The minimum absolute atomic E-state index is 0.211. The monoisotopic (exact) mass is 389 g/mol. The standard InChI is InChI=1S/C22H16FN3O3/c1-2-26-20-17(21(28)25-22(26)29)15(11-6-5-7-12(23)10-11)16-18(24-20)13-8-3-4-9-14(13)19(16)27/h3-10,15,24H,2H2,1H3,(H,25,28,29). The summed E-state index contributed by atoms with van der Waals surface area (Å²) in [6.45, 7) is 2.11. The van der Waals surface area contributed by atoms with Gasteiger partial charge in [0.2, 0.25) is 0 Å². The molecule has 0 bridgehead atoms. The molecular formula is C22H16FN3O3. The van der Waals surface area contributed by atoms with Crippen molar-refractivity contribution in [2.75, 3.05) is 5.32 Å². The summed E-state index contributed by atoms with van der Waals surface area (Å²) in [5.74, 6) is -1.14. The summed E-state index contributed by atoms with van der Waals surface area (Å²) in [4.78, 5) is 40.8. The molecule has 29 heavy (non-hydrogen) atoms. The van der Waals surface area contributed by atoms with Crippen molar-refractivity contribution in [1.29, 1.82) is 0 Å². The van der Waals surface area contributed by atoms with E-state index in [1.807, 2.05) is 12.1 Å². The van der Waals surface area contributed by atoms with E-state index in [1.54, 1.807) is 31.2 Å². The molecule has 0 amide bonds. The predicted molar refractivity (Wildman–Crippen MR) is 107 cm³/mol. The Morgan fingerprint density at radius 1 is 1.03 bits per heavy atom. The number of rotatable bonds is 2. The van der Waals surface area contributed by atoms with Crippen molar-refractivity contribution in [3.05, 3.63) is 103 Å². The number of H-pyrrole nitrogens is 1. The van der Waals surface area contributed by atoms with Crippen molar-refractivity contribution in [3.8, 4) is 0 Å². The van der Waals surface area contributed by atoms with Crippen LogP contribution in [0.3, 0.4) is 0 Å². The Hall–Kier alpha value is -3.74. The zero-order chi connectivity index (χ0) is 20.3. The molecule has 5 rings (SSSR count). The minimum Gasteiger partial charge on any atom is -0.340 e. The Kier molecular flexibility index (Phi) is 3.67. The predicted octanol–water partition coefficient (Wildman–Crippen LogP) is 2.86. The van der Waals surface area contributed by atoms with E-state index in [4.69, 9.17) is 0 Å². The van der Waals surface area contributed by atoms with Crippen LogP contribution in [-0.4, -0.2) is 15.3 Å². The lowest BCUT2D eigenvalue weighted by Crippen LogP contribution is -2.38. The largest absolute Gasteiger partial charge is 0.340 e. The van der Waals surface area contributed by atoms with E-state index >= 15 is 0 Å². The molecule has 1 aliphatic carbocycles. The second-order valence-corrected chi connectivity index (χ2v) is 7.04. The van der Waals surface area contributed by atoms with Crippen LogP contribution in [0, 0.1) is 5.82 Å². The number of halogens is 1. The Morgan fingerprint density at radius 3 is 2.52 bits per heavy atom. The van der Waals surface area contributed by atoms with Crippen molar-refractivity contribution < 1.29 is 9.18 Å². The Morgan fingerprint density at radius 2 is 1.79 bits per heavy atom. The van der Waals surface area contributed by atoms with Gasteiger partial charge in [-0.15, -0.1) is 0 Å². The third kappa shape index (κ3) is 2.37. The van der Waals surface area contributed by atoms with E-state index in [0.717, 1.165) is 0 Å². The highest BCUT2D eigenvalue weighted by Crippen LogP contribution is 2.47. The van der Waals surface area contributed by atoms with Gasteiger partial charge in [-0.2, -0.15) is 0 Å². The van der Waals surface area contributed by atoms with Gasteiger partial charge in [-0.3, -0.25) is 19.1 Å². The van der Waals surface area contributed by atoms with Gasteiger partial charge in [0.05, 0.1) is 11.3 Å². The van der Waals surface area contributed by atoms with Gasteiger partial charge in [0.15, 0.2) is 5.78 Å². The number of aromatic nitrogens is 2. The first kappa shape index (κ1) is 17.4. The second-order valence-electron chi connectivity index (χ2n) is 7.04. The lowest BCUT2D eigenvalue weighted by molar-refractivity contribution is 0.103. The van der Waals surface area contributed by atoms with Crippen LogP contribution in [0.25, 0.3) is 5.70 Å². The quantitative estimate of drug-likeness (QED) is 0.706. The molecular weight excluding hydrogens is 373 g/mol. The highest BCUT2D eigenvalue weighted by Gasteiger charge is 2.42. The fraction of sp³-hybridized carbons (Fsp3) is 0.136. The Labute approximate surface area is 164 Å². The zero-order valence-electron chi connectivity index (χ0n) is 15.5. The number of Topliss-reactive ketones (excluding diaryl/α,β-unsaturated/α-hetero) is 1. The molecule has 1 aromatic heterocycles. The number of hydrogen-bond donors (Lipinski definition) is 2. The molecule has 0 fully saturated rings. The van der Waals surface area contributed by atoms with Crippen molar-refractivity contribution in [2.24, 2.45) is 0 Å². The maximum absolute atomic E-state index is 14.1. The molecule has 0 saturated carbocycles. The highest BCUT2D eigenvalue weighted by molar-refractivity contribution is 6.23. The van der Waals surface area contributed by atoms with E-state index < -0.39 is 23.0 Å². The number of fused-ring (bicyclic) bond motifs is 3. The summed E-state index contributed by atoms with van der Waals surface area (Å²) in [6, 6.07) is 13.0. The van der Waals surface area contributed by atoms with Crippen LogP contribution in [0.1, 0.15) is 39.9 Å². The Bertz CT molecular complexity index is 1350. The van der Waals surface area contributed by atoms with Gasteiger partial charge in [-0.25, -0.2) is 9.18 Å². The fourth-order valence-corrected chi connectivity index (χ4v) is 4.29. The minimum atomic E-state index is -0.793. The molecule has 7 heteroatoms. The number of hydrogen-bond acceptors (Lipinski definition) is 4. The molecule has 6 nitrogen and oxygen atoms in total. The van der Waals surface area contributed by atoms with E-state index in [1.165, 1.54) is 16.7 Å². The molecule has 3 aromatic rings. The lowest BCUT2D eigenvalue weighted by atomic mass is 9.81. The number of benzene rings is 2. The lowest BCUT2D eigenvalue weighted by Gasteiger charge is -2.29. The SMILES string of the molecule is CCn1c2c(c(=O)[nH]c1=O)C(c1cccc(F)c1)C1=C(N2)c2ccccc2C1=O. The normalized spacial score (nSPS) is 16.9. The van der Waals surface area contributed by atoms with Gasteiger partial charge in [0, 0.05) is 29.2 Å². The van der Waals surface area contributed by atoms with Crippen molar-refractivity contribution in [1.82, 2.24) is 9.55 Å². The number of allylic oxidation sites excluding steroid dienone is 1. The van der Waals surface area contributed by atoms with Gasteiger partial charge < -0.3 is 5.32 Å². The molecule has 144 valence electrons. The van der Waals surface area contributed by atoms with Gasteiger partial charge in [0.25, 0.3) is 5.56 Å². The van der Waals surface area contributed by atoms with Gasteiger partial charge in [0.1, 0.15) is 11.6 Å². The summed E-state index contributed by atoms with van der Waals surface area (Å²) < 4.78 is 15.5. The first-order chi connectivity index (χ1) is 14.0. The number of nitrogens with zero attached hydrogens (tertiary/aromatic N) is 1. The number of carbonyl (C=O) groups excluding carboxylic acids is 1. The van der Waals surface area contributed by atoms with Crippen LogP contribution in [0.15, 0.2) is 63.7 Å². The fourth-order valence-electron chi connectivity index (χ4n) is 4.29. The number of carbonyl (C=O) groups is 1. The molecule has 2 aromatic carbocycles. The maximum Gasteiger partial charge on any atom is 0.329 e. The number of aromatic amines is 1. The molecule has 2 N–H and O–H groups in total. The van der Waals surface area contributed by atoms with Crippen molar-refractivity contribution in [2.45, 2.75) is 19.4 Å². The van der Waals surface area contributed by atoms with Crippen LogP contribution in [0.5, 0.6) is 0 Å². The summed E-state index contributed by atoms with van der Waals surface area (Å²) in [7, 11) is 0. The number of ketones is 1. The molecule has 1 atom stereocenters. The molecule has 0 spiro atoms. The first-order valence-electron chi connectivity index (χ1n) is 9.29. The van der Waals surface area contributed by atoms with Crippen LogP contribution in [-0.2, 0) is 6.54 Å². The van der Waals surface area contributed by atoms with Crippen LogP contribution in [0.2, 0.25) is 0 Å². The molecule has 1 unspecified atom stereocenters. The van der Waals surface area contributed by atoms with Crippen LogP contribution in [0.4, 0.5) is 10.2 Å². The maximum atomic E-state index is 14.1. The zero-order valence-corrected chi connectivity index (χ0v) is 15.5. The van der Waals surface area contributed by atoms with E-state index in [9.17, 15) is 18.8 Å². The van der Waals surface area contributed by atoms with Crippen molar-refractivity contribution in [3.63, 3.8) is 0 Å². The van der Waals surface area contributed by atoms with Crippen LogP contribution < -0.4 is 16.6 Å². The van der Waals surface area contributed by atoms with Crippen LogP contribution >= 0.6 is 0 Å². The second kappa shape index (κ2) is 6.13. The van der Waals surface area contributed by atoms with Gasteiger partial charge >= 0.3 is 5.69 Å². The van der Waals surface area contributed by atoms with Gasteiger partial charge in [-0.1, -0.05) is 36.4 Å². The first-order valence-corrected chi connectivity index (χ1v) is 9.29. The average molecular weight is 389 g/mol. The third-order valence-corrected chi connectivity index (χ3v) is 5.51. The average Bonchev–Trinajstić information content (AvgIpc) is 2.99. The van der Waals surface area contributed by atoms with E-state index in [0.29, 0.717) is 40.3 Å². The summed E-state index contributed by atoms with van der Waals surface area (Å²) in [5, 5.41) is 3.17. The summed E-state index contributed by atoms with van der Waals surface area (Å²) in [5.41, 5.74) is 1.74. The van der Waals surface area contributed by atoms with E-state index in [2.05, 4.69) is 10.3 Å². The summed E-state index contributed by atoms with van der Waals surface area (Å²) >= 11 is 0. The smallest absolute Gasteiger partial charge is 0.329 e. The van der Waals surface area contributed by atoms with Crippen molar-refractivity contribution >= 4 is 17.3 Å². The van der Waals surface area contributed by atoms with E-state index in [-0.39, 0.29) is 11.3 Å². The Balaban J connectivity index is 1.89. The molecule has 0 radical (unpaired) electrons. The molecule has 2 aliphatic rings. The van der Waals surface area contributed by atoms with Gasteiger partial charge in [-0.05, 0) is 24.6 Å². The molecule has 2 heterocycles. The topological polar surface area (TPSA) is 84.0 Å².